The highest BCUT2D eigenvalue weighted by Crippen LogP contribution is 2.30. The van der Waals surface area contributed by atoms with Crippen molar-refractivity contribution in [2.45, 2.75) is 6.42 Å². The summed E-state index contributed by atoms with van der Waals surface area (Å²) in [6.45, 7) is 0.436. The first-order valence-corrected chi connectivity index (χ1v) is 8.93. The smallest absolute Gasteiger partial charge is 0.269 e. The van der Waals surface area contributed by atoms with Crippen LogP contribution in [0.1, 0.15) is 16.1 Å². The number of rotatable bonds is 7. The molecule has 0 saturated heterocycles. The molecule has 1 amide bonds. The number of benzene rings is 2. The largest absolute Gasteiger partial charge is 0.507 e. The van der Waals surface area contributed by atoms with Crippen LogP contribution in [-0.2, 0) is 6.42 Å². The zero-order valence-electron chi connectivity index (χ0n) is 15.5. The van der Waals surface area contributed by atoms with Crippen molar-refractivity contribution in [1.82, 2.24) is 15.5 Å². The van der Waals surface area contributed by atoms with Gasteiger partial charge in [-0.1, -0.05) is 17.7 Å². The highest BCUT2D eigenvalue weighted by molar-refractivity contribution is 6.30. The Bertz CT molecular complexity index is 987. The van der Waals surface area contributed by atoms with Crippen molar-refractivity contribution in [2.24, 2.45) is 0 Å². The van der Waals surface area contributed by atoms with Crippen molar-refractivity contribution >= 4 is 17.5 Å². The Balaban J connectivity index is 1.62. The Morgan fingerprint density at radius 1 is 1.14 bits per heavy atom. The van der Waals surface area contributed by atoms with Gasteiger partial charge in [0, 0.05) is 17.1 Å². The molecule has 3 aromatic rings. The molecular formula is C20H20ClN3O4. The van der Waals surface area contributed by atoms with Crippen molar-refractivity contribution < 1.29 is 19.4 Å². The summed E-state index contributed by atoms with van der Waals surface area (Å²) in [6.07, 6.45) is 0.627. The molecule has 28 heavy (non-hydrogen) atoms. The number of hydrogen-bond donors (Lipinski definition) is 3. The molecule has 7 nitrogen and oxygen atoms in total. The summed E-state index contributed by atoms with van der Waals surface area (Å²) in [5.74, 6) is 1.05. The van der Waals surface area contributed by atoms with E-state index in [9.17, 15) is 9.90 Å². The number of aromatic amines is 1. The summed E-state index contributed by atoms with van der Waals surface area (Å²) in [7, 11) is 3.16. The molecule has 0 unspecified atom stereocenters. The molecule has 0 spiro atoms. The molecule has 1 heterocycles. The second-order valence-electron chi connectivity index (χ2n) is 6.02. The molecule has 8 heteroatoms. The Kier molecular flexibility index (Phi) is 6.06. The molecule has 0 atom stereocenters. The lowest BCUT2D eigenvalue weighted by atomic mass is 10.1. The molecular weight excluding hydrogens is 382 g/mol. The van der Waals surface area contributed by atoms with Gasteiger partial charge < -0.3 is 19.9 Å². The normalized spacial score (nSPS) is 10.5. The Labute approximate surface area is 167 Å². The van der Waals surface area contributed by atoms with Crippen molar-refractivity contribution in [3.63, 3.8) is 0 Å². The maximum absolute atomic E-state index is 12.3. The minimum Gasteiger partial charge on any atom is -0.507 e. The van der Waals surface area contributed by atoms with Crippen LogP contribution < -0.4 is 14.8 Å². The number of aromatic hydroxyl groups is 1. The molecule has 0 aliphatic rings. The molecule has 1 aromatic heterocycles. The van der Waals surface area contributed by atoms with Gasteiger partial charge in [-0.25, -0.2) is 0 Å². The van der Waals surface area contributed by atoms with E-state index in [2.05, 4.69) is 15.5 Å². The lowest BCUT2D eigenvalue weighted by Gasteiger charge is -2.09. The Morgan fingerprint density at radius 2 is 1.93 bits per heavy atom. The van der Waals surface area contributed by atoms with Gasteiger partial charge in [0.1, 0.15) is 11.4 Å². The fraction of sp³-hybridized carbons (Fsp3) is 0.200. The minimum absolute atomic E-state index is 0.0383. The molecule has 0 fully saturated rings. The molecule has 2 aromatic carbocycles. The van der Waals surface area contributed by atoms with E-state index in [0.29, 0.717) is 46.4 Å². The van der Waals surface area contributed by atoms with Crippen LogP contribution in [-0.4, -0.2) is 42.0 Å². The van der Waals surface area contributed by atoms with Gasteiger partial charge in [-0.2, -0.15) is 5.10 Å². The standard InChI is InChI=1S/C20H20ClN3O4/c1-27-18-6-3-12(9-19(18)28-2)7-8-22-20(26)16-11-15(23-24-16)14-10-13(21)4-5-17(14)25/h3-6,9-11,25H,7-8H2,1-2H3,(H,22,26)(H,23,24). The summed E-state index contributed by atoms with van der Waals surface area (Å²) in [6, 6.07) is 11.8. The number of halogens is 1. The molecule has 0 aliphatic heterocycles. The number of amides is 1. The maximum atomic E-state index is 12.3. The molecule has 146 valence electrons. The van der Waals surface area contributed by atoms with Crippen molar-refractivity contribution in [3.05, 3.63) is 58.7 Å². The van der Waals surface area contributed by atoms with E-state index in [-0.39, 0.29) is 11.7 Å². The molecule has 3 rings (SSSR count). The summed E-state index contributed by atoms with van der Waals surface area (Å²) in [5.41, 5.74) is 2.19. The van der Waals surface area contributed by atoms with Crippen LogP contribution in [0.25, 0.3) is 11.3 Å². The van der Waals surface area contributed by atoms with Gasteiger partial charge >= 0.3 is 0 Å². The second-order valence-corrected chi connectivity index (χ2v) is 6.46. The summed E-state index contributed by atoms with van der Waals surface area (Å²) in [5, 5.41) is 20.0. The summed E-state index contributed by atoms with van der Waals surface area (Å²) >= 11 is 5.96. The third kappa shape index (κ3) is 4.37. The zero-order valence-corrected chi connectivity index (χ0v) is 16.2. The average molecular weight is 402 g/mol. The number of nitrogens with zero attached hydrogens (tertiary/aromatic N) is 1. The van der Waals surface area contributed by atoms with E-state index >= 15 is 0 Å². The zero-order chi connectivity index (χ0) is 20.1. The number of aromatic nitrogens is 2. The van der Waals surface area contributed by atoms with E-state index in [1.54, 1.807) is 32.4 Å². The number of ether oxygens (including phenoxy) is 2. The van der Waals surface area contributed by atoms with Crippen LogP contribution in [0.4, 0.5) is 0 Å². The molecule has 0 bridgehead atoms. The second kappa shape index (κ2) is 8.67. The van der Waals surface area contributed by atoms with E-state index in [1.165, 1.54) is 6.07 Å². The average Bonchev–Trinajstić information content (AvgIpc) is 3.19. The van der Waals surface area contributed by atoms with Gasteiger partial charge in [0.05, 0.1) is 19.9 Å². The Morgan fingerprint density at radius 3 is 2.68 bits per heavy atom. The lowest BCUT2D eigenvalue weighted by molar-refractivity contribution is 0.0949. The monoisotopic (exact) mass is 401 g/mol. The van der Waals surface area contributed by atoms with Gasteiger partial charge in [0.25, 0.3) is 5.91 Å². The van der Waals surface area contributed by atoms with E-state index in [0.717, 1.165) is 5.56 Å². The Hall–Kier alpha value is -3.19. The van der Waals surface area contributed by atoms with E-state index in [4.69, 9.17) is 21.1 Å². The topological polar surface area (TPSA) is 96.5 Å². The third-order valence-electron chi connectivity index (χ3n) is 4.20. The minimum atomic E-state index is -0.291. The molecule has 0 radical (unpaired) electrons. The van der Waals surface area contributed by atoms with Crippen LogP contribution in [0.5, 0.6) is 17.2 Å². The third-order valence-corrected chi connectivity index (χ3v) is 4.44. The predicted molar refractivity (Wildman–Crippen MR) is 106 cm³/mol. The van der Waals surface area contributed by atoms with Gasteiger partial charge in [-0.3, -0.25) is 9.89 Å². The first-order valence-electron chi connectivity index (χ1n) is 8.55. The molecule has 3 N–H and O–H groups in total. The van der Waals surface area contributed by atoms with Crippen LogP contribution in [0, 0.1) is 0 Å². The van der Waals surface area contributed by atoms with Gasteiger partial charge in [-0.05, 0) is 48.4 Å². The van der Waals surface area contributed by atoms with E-state index < -0.39 is 0 Å². The quantitative estimate of drug-likeness (QED) is 0.563. The number of phenolic OH excluding ortho intramolecular Hbond substituents is 1. The van der Waals surface area contributed by atoms with Gasteiger partial charge in [0.15, 0.2) is 11.5 Å². The number of phenols is 1. The summed E-state index contributed by atoms with van der Waals surface area (Å²) in [4.78, 5) is 12.3. The van der Waals surface area contributed by atoms with Gasteiger partial charge in [0.2, 0.25) is 0 Å². The van der Waals surface area contributed by atoms with E-state index in [1.807, 2.05) is 18.2 Å². The lowest BCUT2D eigenvalue weighted by Crippen LogP contribution is -2.26. The molecule has 0 saturated carbocycles. The predicted octanol–water partition coefficient (Wildman–Crippen LogP) is 3.43. The van der Waals surface area contributed by atoms with Crippen molar-refractivity contribution in [2.75, 3.05) is 20.8 Å². The highest BCUT2D eigenvalue weighted by atomic mass is 35.5. The number of carbonyl (C=O) groups excluding carboxylic acids is 1. The number of H-pyrrole nitrogens is 1. The molecule has 0 aliphatic carbocycles. The first kappa shape index (κ1) is 19.6. The van der Waals surface area contributed by atoms with Crippen LogP contribution in [0.2, 0.25) is 5.02 Å². The van der Waals surface area contributed by atoms with Crippen LogP contribution >= 0.6 is 11.6 Å². The fourth-order valence-electron chi connectivity index (χ4n) is 2.74. The number of carbonyl (C=O) groups is 1. The SMILES string of the molecule is COc1ccc(CCNC(=O)c2cc(-c3cc(Cl)ccc3O)n[nH]2)cc1OC. The number of hydrogen-bond acceptors (Lipinski definition) is 5. The number of nitrogens with one attached hydrogen (secondary N) is 2. The van der Waals surface area contributed by atoms with Gasteiger partial charge in [-0.15, -0.1) is 0 Å². The first-order chi connectivity index (χ1) is 13.5. The summed E-state index contributed by atoms with van der Waals surface area (Å²) < 4.78 is 10.5. The highest BCUT2D eigenvalue weighted by Gasteiger charge is 2.14. The van der Waals surface area contributed by atoms with Crippen molar-refractivity contribution in [3.8, 4) is 28.5 Å². The fourth-order valence-corrected chi connectivity index (χ4v) is 2.91. The van der Waals surface area contributed by atoms with Crippen LogP contribution in [0.15, 0.2) is 42.5 Å². The maximum Gasteiger partial charge on any atom is 0.269 e. The van der Waals surface area contributed by atoms with Crippen LogP contribution in [0.3, 0.4) is 0 Å². The number of methoxy groups -OCH3 is 2. The van der Waals surface area contributed by atoms with Crippen molar-refractivity contribution in [1.29, 1.82) is 0 Å².